The minimum atomic E-state index is -0.775. The van der Waals surface area contributed by atoms with E-state index in [1.54, 1.807) is 0 Å². The van der Waals surface area contributed by atoms with E-state index in [0.717, 1.165) is 25.3 Å². The van der Waals surface area contributed by atoms with Gasteiger partial charge in [0.15, 0.2) is 11.5 Å². The fourth-order valence-corrected chi connectivity index (χ4v) is 2.79. The van der Waals surface area contributed by atoms with E-state index < -0.39 is 34.3 Å². The highest BCUT2D eigenvalue weighted by molar-refractivity contribution is 8.18. The molecule has 1 aliphatic rings. The number of phenolic OH excluding ortho intramolecular Hbond substituents is 1. The van der Waals surface area contributed by atoms with Gasteiger partial charge in [-0.15, -0.1) is 0 Å². The molecule has 1 heterocycles. The Bertz CT molecular complexity index is 804. The molecule has 1 aromatic carbocycles. The first kappa shape index (κ1) is 18.3. The van der Waals surface area contributed by atoms with Crippen LogP contribution >= 0.6 is 11.8 Å². The summed E-state index contributed by atoms with van der Waals surface area (Å²) in [5, 5.41) is 20.3. The molecule has 1 aliphatic heterocycles. The van der Waals surface area contributed by atoms with Gasteiger partial charge in [-0.1, -0.05) is 0 Å². The monoisotopic (exact) mass is 368 g/mol. The number of hydrogen-bond donors (Lipinski definition) is 1. The molecule has 1 fully saturated rings. The van der Waals surface area contributed by atoms with E-state index in [1.165, 1.54) is 7.11 Å². The Morgan fingerprint density at radius 2 is 2.08 bits per heavy atom. The summed E-state index contributed by atoms with van der Waals surface area (Å²) in [5.74, 6) is -2.13. The molecule has 132 valence electrons. The van der Waals surface area contributed by atoms with E-state index in [0.29, 0.717) is 16.7 Å². The highest BCUT2D eigenvalue weighted by Crippen LogP contribution is 2.39. The lowest BCUT2D eigenvalue weighted by molar-refractivity contribution is -0.385. The standard InChI is InChI=1S/C14H12N2O8S/c1-23-9-5-8(16(21)22)3-7(12(9)18)4-10-13(19)15(14(20)25-10)6-11(17)24-2/h3-5,18H,6H2,1-2H3/b10-4-. The number of methoxy groups -OCH3 is 2. The maximum Gasteiger partial charge on any atom is 0.325 e. The number of carbonyl (C=O) groups excluding carboxylic acids is 3. The molecular weight excluding hydrogens is 356 g/mol. The first-order valence-corrected chi connectivity index (χ1v) is 7.47. The SMILES string of the molecule is COC(=O)CN1C(=O)S/C(=C\c2cc([N+](=O)[O-])cc(OC)c2O)C1=O. The van der Waals surface area contributed by atoms with Gasteiger partial charge in [-0.2, -0.15) is 0 Å². The number of aromatic hydroxyl groups is 1. The van der Waals surface area contributed by atoms with Gasteiger partial charge in [0, 0.05) is 11.6 Å². The quantitative estimate of drug-likeness (QED) is 0.355. The predicted molar refractivity (Wildman–Crippen MR) is 86.0 cm³/mol. The summed E-state index contributed by atoms with van der Waals surface area (Å²) >= 11 is 0.534. The second kappa shape index (κ2) is 7.21. The lowest BCUT2D eigenvalue weighted by Crippen LogP contribution is -2.34. The average molecular weight is 368 g/mol. The molecule has 0 bridgehead atoms. The second-order valence-corrected chi connectivity index (χ2v) is 5.68. The van der Waals surface area contributed by atoms with Crippen molar-refractivity contribution in [3.8, 4) is 11.5 Å². The number of non-ortho nitro benzene ring substituents is 1. The van der Waals surface area contributed by atoms with Crippen LogP contribution in [-0.4, -0.2) is 52.8 Å². The Morgan fingerprint density at radius 1 is 1.40 bits per heavy atom. The average Bonchev–Trinajstić information content (AvgIpc) is 2.83. The van der Waals surface area contributed by atoms with Crippen molar-refractivity contribution in [3.63, 3.8) is 0 Å². The van der Waals surface area contributed by atoms with Gasteiger partial charge in [-0.05, 0) is 17.8 Å². The summed E-state index contributed by atoms with van der Waals surface area (Å²) < 4.78 is 9.27. The van der Waals surface area contributed by atoms with Crippen molar-refractivity contribution in [1.82, 2.24) is 4.90 Å². The maximum absolute atomic E-state index is 12.2. The van der Waals surface area contributed by atoms with Crippen molar-refractivity contribution in [1.29, 1.82) is 0 Å². The minimum Gasteiger partial charge on any atom is -0.504 e. The molecule has 2 rings (SSSR count). The van der Waals surface area contributed by atoms with E-state index in [4.69, 9.17) is 4.74 Å². The van der Waals surface area contributed by atoms with Gasteiger partial charge in [-0.3, -0.25) is 29.4 Å². The van der Waals surface area contributed by atoms with E-state index in [1.807, 2.05) is 0 Å². The molecule has 0 spiro atoms. The van der Waals surface area contributed by atoms with Crippen molar-refractivity contribution in [3.05, 3.63) is 32.7 Å². The van der Waals surface area contributed by atoms with Crippen LogP contribution < -0.4 is 4.74 Å². The van der Waals surface area contributed by atoms with Crippen LogP contribution in [0.25, 0.3) is 6.08 Å². The number of nitro benzene ring substituents is 1. The fraction of sp³-hybridized carbons (Fsp3) is 0.214. The van der Waals surface area contributed by atoms with E-state index in [9.17, 15) is 29.6 Å². The summed E-state index contributed by atoms with van der Waals surface area (Å²) in [6, 6.07) is 2.06. The molecule has 2 amide bonds. The molecule has 0 unspecified atom stereocenters. The van der Waals surface area contributed by atoms with E-state index in [-0.39, 0.29) is 21.9 Å². The van der Waals surface area contributed by atoms with Crippen LogP contribution in [0.1, 0.15) is 5.56 Å². The van der Waals surface area contributed by atoms with Crippen LogP contribution in [-0.2, 0) is 14.3 Å². The maximum atomic E-state index is 12.2. The largest absolute Gasteiger partial charge is 0.504 e. The van der Waals surface area contributed by atoms with Gasteiger partial charge in [-0.25, -0.2) is 0 Å². The Hall–Kier alpha value is -3.08. The highest BCUT2D eigenvalue weighted by atomic mass is 32.2. The molecule has 0 aromatic heterocycles. The summed E-state index contributed by atoms with van der Waals surface area (Å²) in [6.07, 6.45) is 1.12. The van der Waals surface area contributed by atoms with Gasteiger partial charge >= 0.3 is 5.97 Å². The third-order valence-electron chi connectivity index (χ3n) is 3.19. The number of esters is 1. The van der Waals surface area contributed by atoms with Crippen LogP contribution in [0.15, 0.2) is 17.0 Å². The van der Waals surface area contributed by atoms with Crippen molar-refractivity contribution < 1.29 is 33.9 Å². The highest BCUT2D eigenvalue weighted by Gasteiger charge is 2.36. The van der Waals surface area contributed by atoms with Crippen LogP contribution in [0, 0.1) is 10.1 Å². The Labute approximate surface area is 145 Å². The zero-order valence-electron chi connectivity index (χ0n) is 13.0. The van der Waals surface area contributed by atoms with Crippen molar-refractivity contribution in [2.24, 2.45) is 0 Å². The molecular formula is C14H12N2O8S. The summed E-state index contributed by atoms with van der Waals surface area (Å²) in [4.78, 5) is 46.1. The predicted octanol–water partition coefficient (Wildman–Crippen LogP) is 1.52. The van der Waals surface area contributed by atoms with Crippen LogP contribution in [0.5, 0.6) is 11.5 Å². The number of thioether (sulfide) groups is 1. The smallest absolute Gasteiger partial charge is 0.325 e. The first-order valence-electron chi connectivity index (χ1n) is 6.66. The molecule has 0 saturated carbocycles. The summed E-state index contributed by atoms with van der Waals surface area (Å²) in [7, 11) is 2.33. The fourth-order valence-electron chi connectivity index (χ4n) is 1.96. The van der Waals surface area contributed by atoms with Gasteiger partial charge in [0.25, 0.3) is 16.8 Å². The first-order chi connectivity index (χ1) is 11.8. The molecule has 1 saturated heterocycles. The van der Waals surface area contributed by atoms with Gasteiger partial charge < -0.3 is 14.6 Å². The third kappa shape index (κ3) is 3.71. The number of hydrogen-bond acceptors (Lipinski definition) is 9. The number of rotatable bonds is 5. The number of carbonyl (C=O) groups is 3. The lowest BCUT2D eigenvalue weighted by atomic mass is 10.1. The van der Waals surface area contributed by atoms with E-state index >= 15 is 0 Å². The van der Waals surface area contributed by atoms with Crippen molar-refractivity contribution in [2.75, 3.05) is 20.8 Å². The van der Waals surface area contributed by atoms with Gasteiger partial charge in [0.2, 0.25) is 0 Å². The Kier molecular flexibility index (Phi) is 5.27. The molecule has 1 aromatic rings. The third-order valence-corrected chi connectivity index (χ3v) is 4.10. The molecule has 25 heavy (non-hydrogen) atoms. The molecule has 0 aliphatic carbocycles. The van der Waals surface area contributed by atoms with Crippen molar-refractivity contribution in [2.45, 2.75) is 0 Å². The second-order valence-electron chi connectivity index (χ2n) is 4.69. The van der Waals surface area contributed by atoms with Crippen molar-refractivity contribution >= 4 is 40.6 Å². The number of nitrogens with zero attached hydrogens (tertiary/aromatic N) is 2. The lowest BCUT2D eigenvalue weighted by Gasteiger charge is -2.10. The van der Waals surface area contributed by atoms with Crippen LogP contribution in [0.3, 0.4) is 0 Å². The number of imide groups is 1. The molecule has 11 heteroatoms. The zero-order chi connectivity index (χ0) is 18.7. The number of benzene rings is 1. The molecule has 1 N–H and O–H groups in total. The van der Waals surface area contributed by atoms with E-state index in [2.05, 4.69) is 4.74 Å². The molecule has 0 radical (unpaired) electrons. The minimum absolute atomic E-state index is 0.0744. The number of ether oxygens (including phenoxy) is 2. The van der Waals surface area contributed by atoms with Crippen LogP contribution in [0.2, 0.25) is 0 Å². The zero-order valence-corrected chi connectivity index (χ0v) is 13.9. The number of nitro groups is 1. The van der Waals surface area contributed by atoms with Gasteiger partial charge in [0.05, 0.1) is 30.1 Å². The Balaban J connectivity index is 2.42. The molecule has 0 atom stereocenters. The van der Waals surface area contributed by atoms with Gasteiger partial charge in [0.1, 0.15) is 6.54 Å². The summed E-state index contributed by atoms with van der Waals surface area (Å²) in [6.45, 7) is -0.553. The normalized spacial score (nSPS) is 15.6. The Morgan fingerprint density at radius 3 is 2.64 bits per heavy atom. The topological polar surface area (TPSA) is 136 Å². The summed E-state index contributed by atoms with van der Waals surface area (Å²) in [5.41, 5.74) is -0.440. The number of amides is 2. The molecule has 10 nitrogen and oxygen atoms in total. The number of phenols is 1. The van der Waals surface area contributed by atoms with Crippen LogP contribution in [0.4, 0.5) is 10.5 Å².